The van der Waals surface area contributed by atoms with E-state index in [0.29, 0.717) is 0 Å². The Morgan fingerprint density at radius 2 is 1.80 bits per heavy atom. The molecule has 0 fully saturated rings. The standard InChI is InChI=1S/C16H21N2O.ClH/c1-17-12-5-4-6-14(17)11-13-18(2)15-7-9-16(19-3)10-8-15;/h4-10,12H,11,13H2,1-3H3;1H/q+1;/p-1. The Labute approximate surface area is 127 Å². The number of methoxy groups -OCH3 is 1. The first-order valence-corrected chi connectivity index (χ1v) is 6.49. The van der Waals surface area contributed by atoms with Crippen LogP contribution in [0.5, 0.6) is 5.75 Å². The lowest BCUT2D eigenvalue weighted by Crippen LogP contribution is -3.00. The molecular weight excluding hydrogens is 272 g/mol. The molecule has 1 aromatic heterocycles. The number of ether oxygens (including phenoxy) is 1. The van der Waals surface area contributed by atoms with Gasteiger partial charge in [0.15, 0.2) is 11.9 Å². The van der Waals surface area contributed by atoms with Crippen LogP contribution in [0.3, 0.4) is 0 Å². The van der Waals surface area contributed by atoms with Crippen molar-refractivity contribution in [2.24, 2.45) is 7.05 Å². The molecule has 0 bridgehead atoms. The molecular formula is C16H21ClN2O. The zero-order valence-electron chi connectivity index (χ0n) is 12.2. The van der Waals surface area contributed by atoms with Crippen LogP contribution in [0.4, 0.5) is 5.69 Å². The van der Waals surface area contributed by atoms with Crippen LogP contribution < -0.4 is 26.6 Å². The molecule has 0 atom stereocenters. The second-order valence-electron chi connectivity index (χ2n) is 4.67. The second kappa shape index (κ2) is 7.75. The smallest absolute Gasteiger partial charge is 0.182 e. The third kappa shape index (κ3) is 4.14. The van der Waals surface area contributed by atoms with E-state index in [-0.39, 0.29) is 12.4 Å². The van der Waals surface area contributed by atoms with Crippen molar-refractivity contribution in [2.75, 3.05) is 25.6 Å². The van der Waals surface area contributed by atoms with Gasteiger partial charge in [0.05, 0.1) is 7.11 Å². The molecule has 2 rings (SSSR count). The second-order valence-corrected chi connectivity index (χ2v) is 4.67. The van der Waals surface area contributed by atoms with Crippen LogP contribution in [-0.2, 0) is 13.5 Å². The number of anilines is 1. The highest BCUT2D eigenvalue weighted by Gasteiger charge is 2.07. The van der Waals surface area contributed by atoms with E-state index in [1.807, 2.05) is 12.1 Å². The molecule has 1 heterocycles. The van der Waals surface area contributed by atoms with Crippen LogP contribution in [0.2, 0.25) is 0 Å². The minimum Gasteiger partial charge on any atom is -1.00 e. The molecule has 0 aliphatic rings. The highest BCUT2D eigenvalue weighted by atomic mass is 35.5. The Morgan fingerprint density at radius 3 is 2.40 bits per heavy atom. The number of hydrogen-bond acceptors (Lipinski definition) is 2. The third-order valence-corrected chi connectivity index (χ3v) is 3.38. The summed E-state index contributed by atoms with van der Waals surface area (Å²) in [6.07, 6.45) is 3.11. The van der Waals surface area contributed by atoms with Gasteiger partial charge in [-0.05, 0) is 24.3 Å². The molecule has 0 saturated heterocycles. The monoisotopic (exact) mass is 292 g/mol. The van der Waals surface area contributed by atoms with Gasteiger partial charge in [-0.1, -0.05) is 6.07 Å². The lowest BCUT2D eigenvalue weighted by atomic mass is 10.2. The van der Waals surface area contributed by atoms with E-state index >= 15 is 0 Å². The molecule has 0 N–H and O–H groups in total. The molecule has 20 heavy (non-hydrogen) atoms. The largest absolute Gasteiger partial charge is 1.00 e. The topological polar surface area (TPSA) is 16.4 Å². The zero-order valence-corrected chi connectivity index (χ0v) is 13.0. The highest BCUT2D eigenvalue weighted by Crippen LogP contribution is 2.18. The number of halogens is 1. The number of hydrogen-bond donors (Lipinski definition) is 0. The molecule has 2 aromatic rings. The Hall–Kier alpha value is -1.74. The average molecular weight is 293 g/mol. The fourth-order valence-electron chi connectivity index (χ4n) is 2.07. The van der Waals surface area contributed by atoms with Gasteiger partial charge in [-0.15, -0.1) is 0 Å². The quantitative estimate of drug-likeness (QED) is 0.671. The molecule has 0 saturated carbocycles. The number of rotatable bonds is 5. The summed E-state index contributed by atoms with van der Waals surface area (Å²) in [5.74, 6) is 0.895. The summed E-state index contributed by atoms with van der Waals surface area (Å²) in [4.78, 5) is 2.26. The van der Waals surface area contributed by atoms with Crippen molar-refractivity contribution in [1.29, 1.82) is 0 Å². The Morgan fingerprint density at radius 1 is 1.10 bits per heavy atom. The van der Waals surface area contributed by atoms with Gasteiger partial charge < -0.3 is 22.0 Å². The van der Waals surface area contributed by atoms with E-state index in [2.05, 4.69) is 60.1 Å². The minimum absolute atomic E-state index is 0. The molecule has 0 amide bonds. The molecule has 0 spiro atoms. The van der Waals surface area contributed by atoms with Crippen LogP contribution in [0.25, 0.3) is 0 Å². The number of benzene rings is 1. The van der Waals surface area contributed by atoms with Crippen LogP contribution in [-0.4, -0.2) is 20.7 Å². The molecule has 0 aliphatic heterocycles. The van der Waals surface area contributed by atoms with Gasteiger partial charge in [-0.2, -0.15) is 0 Å². The summed E-state index contributed by atoms with van der Waals surface area (Å²) in [5, 5.41) is 0. The zero-order chi connectivity index (χ0) is 13.7. The lowest BCUT2D eigenvalue weighted by Gasteiger charge is -2.18. The van der Waals surface area contributed by atoms with Gasteiger partial charge in [0.2, 0.25) is 0 Å². The van der Waals surface area contributed by atoms with E-state index in [0.717, 1.165) is 18.7 Å². The van der Waals surface area contributed by atoms with Crippen LogP contribution in [0, 0.1) is 0 Å². The summed E-state index contributed by atoms with van der Waals surface area (Å²) in [7, 11) is 5.89. The Bertz CT molecular complexity index is 528. The van der Waals surface area contributed by atoms with Crippen LogP contribution in [0.1, 0.15) is 5.69 Å². The normalized spacial score (nSPS) is 9.75. The summed E-state index contributed by atoms with van der Waals surface area (Å²) < 4.78 is 7.34. The SMILES string of the molecule is COc1ccc(N(C)CCc2cccc[n+]2C)cc1.[Cl-]. The number of aryl methyl sites for hydroxylation is 1. The van der Waals surface area contributed by atoms with E-state index in [4.69, 9.17) is 4.74 Å². The molecule has 0 aliphatic carbocycles. The van der Waals surface area contributed by atoms with Crippen molar-refractivity contribution in [1.82, 2.24) is 0 Å². The molecule has 3 nitrogen and oxygen atoms in total. The predicted octanol–water partition coefficient (Wildman–Crippen LogP) is -0.797. The third-order valence-electron chi connectivity index (χ3n) is 3.38. The maximum Gasteiger partial charge on any atom is 0.182 e. The van der Waals surface area contributed by atoms with Crippen LogP contribution >= 0.6 is 0 Å². The average Bonchev–Trinajstić information content (AvgIpc) is 2.46. The molecule has 4 heteroatoms. The molecule has 0 radical (unpaired) electrons. The summed E-state index contributed by atoms with van der Waals surface area (Å²) in [6.45, 7) is 0.990. The first-order chi connectivity index (χ1) is 9.20. The van der Waals surface area contributed by atoms with Gasteiger partial charge in [0, 0.05) is 37.8 Å². The Kier molecular flexibility index (Phi) is 6.32. The van der Waals surface area contributed by atoms with Crippen molar-refractivity contribution in [3.05, 3.63) is 54.4 Å². The first-order valence-electron chi connectivity index (χ1n) is 6.49. The predicted molar refractivity (Wildman–Crippen MR) is 77.6 cm³/mol. The van der Waals surface area contributed by atoms with Gasteiger partial charge in [0.1, 0.15) is 12.8 Å². The van der Waals surface area contributed by atoms with Gasteiger partial charge in [0.25, 0.3) is 0 Å². The number of likely N-dealkylation sites (N-methyl/N-ethyl adjacent to an activating group) is 1. The summed E-state index contributed by atoms with van der Waals surface area (Å²) in [5.41, 5.74) is 2.54. The van der Waals surface area contributed by atoms with E-state index in [1.165, 1.54) is 11.4 Å². The molecule has 108 valence electrons. The van der Waals surface area contributed by atoms with Crippen molar-refractivity contribution >= 4 is 5.69 Å². The fraction of sp³-hybridized carbons (Fsp3) is 0.312. The van der Waals surface area contributed by atoms with Crippen molar-refractivity contribution in [3.8, 4) is 5.75 Å². The van der Waals surface area contributed by atoms with Gasteiger partial charge in [-0.3, -0.25) is 0 Å². The van der Waals surface area contributed by atoms with E-state index < -0.39 is 0 Å². The molecule has 1 aromatic carbocycles. The van der Waals surface area contributed by atoms with Crippen molar-refractivity contribution in [3.63, 3.8) is 0 Å². The number of aromatic nitrogens is 1. The highest BCUT2D eigenvalue weighted by molar-refractivity contribution is 5.48. The first kappa shape index (κ1) is 16.3. The van der Waals surface area contributed by atoms with Crippen LogP contribution in [0.15, 0.2) is 48.7 Å². The fourth-order valence-corrected chi connectivity index (χ4v) is 2.07. The van der Waals surface area contributed by atoms with E-state index in [1.54, 1.807) is 7.11 Å². The van der Waals surface area contributed by atoms with E-state index in [9.17, 15) is 0 Å². The van der Waals surface area contributed by atoms with Gasteiger partial charge >= 0.3 is 0 Å². The maximum atomic E-state index is 5.17. The van der Waals surface area contributed by atoms with Crippen molar-refractivity contribution in [2.45, 2.75) is 6.42 Å². The maximum absolute atomic E-state index is 5.17. The minimum atomic E-state index is 0. The van der Waals surface area contributed by atoms with Gasteiger partial charge in [-0.25, -0.2) is 4.57 Å². The number of nitrogens with zero attached hydrogens (tertiary/aromatic N) is 2. The lowest BCUT2D eigenvalue weighted by molar-refractivity contribution is -0.679. The Balaban J connectivity index is 0.00000200. The number of pyridine rings is 1. The summed E-state index contributed by atoms with van der Waals surface area (Å²) >= 11 is 0. The summed E-state index contributed by atoms with van der Waals surface area (Å²) in [6, 6.07) is 14.5. The van der Waals surface area contributed by atoms with Crippen molar-refractivity contribution < 1.29 is 21.7 Å². The molecule has 0 unspecified atom stereocenters.